The number of amidine groups is 1. The monoisotopic (exact) mass is 565 g/mol. The molecule has 10 heteroatoms. The van der Waals surface area contributed by atoms with Crippen LogP contribution in [0.4, 0.5) is 17.5 Å². The number of nitrogens with zero attached hydrogens (tertiary/aromatic N) is 5. The summed E-state index contributed by atoms with van der Waals surface area (Å²) in [6, 6.07) is 6.58. The van der Waals surface area contributed by atoms with Crippen LogP contribution in [0.5, 0.6) is 0 Å². The van der Waals surface area contributed by atoms with Crippen molar-refractivity contribution in [1.82, 2.24) is 15.3 Å². The lowest BCUT2D eigenvalue weighted by Crippen LogP contribution is -2.55. The Balaban J connectivity index is 1.53. The molecule has 0 radical (unpaired) electrons. The molecular formula is C30H43N7O2S. The molecule has 9 nitrogen and oxygen atoms in total. The molecule has 4 heterocycles. The molecule has 0 aliphatic carbocycles. The average Bonchev–Trinajstić information content (AvgIpc) is 3.47. The van der Waals surface area contributed by atoms with Crippen LogP contribution in [-0.2, 0) is 19.9 Å². The summed E-state index contributed by atoms with van der Waals surface area (Å²) >= 11 is 0. The number of aliphatic imine (C=N–C) groups is 1. The van der Waals surface area contributed by atoms with Gasteiger partial charge in [0, 0.05) is 51.6 Å². The van der Waals surface area contributed by atoms with E-state index in [1.807, 2.05) is 19.2 Å². The van der Waals surface area contributed by atoms with Crippen molar-refractivity contribution in [2.75, 3.05) is 42.4 Å². The second-order valence-corrected chi connectivity index (χ2v) is 15.0. The second-order valence-electron chi connectivity index (χ2n) is 12.5. The predicted molar refractivity (Wildman–Crippen MR) is 164 cm³/mol. The normalized spacial score (nSPS) is 26.4. The number of aromatic nitrogens is 2. The highest BCUT2D eigenvalue weighted by Crippen LogP contribution is 2.52. The zero-order chi connectivity index (χ0) is 28.9. The standard InChI is InChI=1S/C30H43N7O2S/c1-9-26(33-20(3)36-40(7,8)38)37-25-15-29(4,5)39-18-30(25,6)24-17-32-28(35-27(24)37)34-22-10-11-23(19(2)14-22)21-12-13-31-16-21/h9-11,14,17,21,25,31H,12-13,15-16,18H2,1-8H3,(H,32,34,35)/b26-9+,33-20?/t21-,25+,30+/m1/s1. The molecular weight excluding hydrogens is 522 g/mol. The molecule has 3 aliphatic heterocycles. The van der Waals surface area contributed by atoms with E-state index >= 15 is 0 Å². The quantitative estimate of drug-likeness (QED) is 0.377. The molecule has 5 rings (SSSR count). The van der Waals surface area contributed by atoms with Crippen LogP contribution in [0.25, 0.3) is 0 Å². The Labute approximate surface area is 239 Å². The molecule has 2 N–H and O–H groups in total. The van der Waals surface area contributed by atoms with Gasteiger partial charge in [-0.05, 0) is 89.3 Å². The SMILES string of the molecule is C/C=C(\N=C(C)N=S(C)(C)=O)N1c2nc(Nc3ccc([C@@H]4CCNC4)c(C)c3)ncc2[C@]2(C)COC(C)(C)C[C@H]12. The molecule has 40 heavy (non-hydrogen) atoms. The summed E-state index contributed by atoms with van der Waals surface area (Å²) in [6.07, 6.45) is 9.11. The van der Waals surface area contributed by atoms with Gasteiger partial charge in [-0.15, -0.1) is 0 Å². The lowest BCUT2D eigenvalue weighted by atomic mass is 9.73. The zero-order valence-corrected chi connectivity index (χ0v) is 25.9. The van der Waals surface area contributed by atoms with Crippen LogP contribution in [0, 0.1) is 6.92 Å². The molecule has 0 spiro atoms. The van der Waals surface area contributed by atoms with Crippen LogP contribution >= 0.6 is 0 Å². The van der Waals surface area contributed by atoms with Crippen LogP contribution < -0.4 is 15.5 Å². The first-order valence-electron chi connectivity index (χ1n) is 14.1. The van der Waals surface area contributed by atoms with E-state index in [0.717, 1.165) is 42.4 Å². The first-order chi connectivity index (χ1) is 18.8. The Morgan fingerprint density at radius 3 is 2.73 bits per heavy atom. The Morgan fingerprint density at radius 2 is 2.08 bits per heavy atom. The van der Waals surface area contributed by atoms with Gasteiger partial charge in [-0.1, -0.05) is 13.0 Å². The van der Waals surface area contributed by atoms with E-state index in [2.05, 4.69) is 65.8 Å². The first-order valence-corrected chi connectivity index (χ1v) is 16.4. The van der Waals surface area contributed by atoms with Crippen LogP contribution in [0.15, 0.2) is 45.6 Å². The lowest BCUT2D eigenvalue weighted by Gasteiger charge is -2.46. The van der Waals surface area contributed by atoms with E-state index in [-0.39, 0.29) is 17.1 Å². The average molecular weight is 566 g/mol. The van der Waals surface area contributed by atoms with Crippen molar-refractivity contribution in [2.45, 2.75) is 77.4 Å². The number of fused-ring (bicyclic) bond motifs is 3. The van der Waals surface area contributed by atoms with Gasteiger partial charge in [0.15, 0.2) is 0 Å². The smallest absolute Gasteiger partial charge is 0.229 e. The Kier molecular flexibility index (Phi) is 7.56. The van der Waals surface area contributed by atoms with Crippen molar-refractivity contribution in [3.05, 3.63) is 53.0 Å². The summed E-state index contributed by atoms with van der Waals surface area (Å²) in [6.45, 7) is 15.1. The molecule has 216 valence electrons. The molecule has 0 amide bonds. The number of hydrogen-bond donors (Lipinski definition) is 2. The van der Waals surface area contributed by atoms with E-state index in [1.54, 1.807) is 19.4 Å². The third-order valence-electron chi connectivity index (χ3n) is 8.27. The van der Waals surface area contributed by atoms with Gasteiger partial charge in [0.1, 0.15) is 17.5 Å². The highest BCUT2D eigenvalue weighted by molar-refractivity contribution is 7.92. The van der Waals surface area contributed by atoms with Gasteiger partial charge < -0.3 is 20.3 Å². The number of aryl methyl sites for hydroxylation is 1. The van der Waals surface area contributed by atoms with Crippen LogP contribution in [0.1, 0.15) is 70.1 Å². The summed E-state index contributed by atoms with van der Waals surface area (Å²) in [5.41, 5.74) is 4.07. The predicted octanol–water partition coefficient (Wildman–Crippen LogP) is 5.26. The van der Waals surface area contributed by atoms with Gasteiger partial charge in [-0.3, -0.25) is 0 Å². The molecule has 0 unspecified atom stereocenters. The largest absolute Gasteiger partial charge is 0.374 e. The molecule has 1 aromatic heterocycles. The molecule has 2 aromatic rings. The number of ether oxygens (including phenoxy) is 1. The minimum absolute atomic E-state index is 0.0627. The summed E-state index contributed by atoms with van der Waals surface area (Å²) < 4.78 is 23.0. The van der Waals surface area contributed by atoms with Crippen LogP contribution in [-0.4, -0.2) is 63.9 Å². The Hall–Kier alpha value is -2.82. The van der Waals surface area contributed by atoms with Crippen molar-refractivity contribution in [3.63, 3.8) is 0 Å². The van der Waals surface area contributed by atoms with Crippen LogP contribution in [0.2, 0.25) is 0 Å². The van der Waals surface area contributed by atoms with Gasteiger partial charge in [-0.2, -0.15) is 9.35 Å². The molecule has 1 aromatic carbocycles. The van der Waals surface area contributed by atoms with E-state index in [4.69, 9.17) is 19.7 Å². The van der Waals surface area contributed by atoms with Crippen molar-refractivity contribution in [3.8, 4) is 0 Å². The van der Waals surface area contributed by atoms with E-state index in [1.165, 1.54) is 17.5 Å². The highest BCUT2D eigenvalue weighted by atomic mass is 32.2. The lowest BCUT2D eigenvalue weighted by molar-refractivity contribution is -0.0897. The topological polar surface area (TPSA) is 104 Å². The fourth-order valence-electron chi connectivity index (χ4n) is 6.28. The molecule has 3 aliphatic rings. The third kappa shape index (κ3) is 5.66. The minimum atomic E-state index is -2.33. The van der Waals surface area contributed by atoms with Gasteiger partial charge in [0.25, 0.3) is 0 Å². The summed E-state index contributed by atoms with van der Waals surface area (Å²) in [4.78, 5) is 16.9. The van der Waals surface area contributed by atoms with E-state index < -0.39 is 9.73 Å². The number of anilines is 3. The van der Waals surface area contributed by atoms with Crippen molar-refractivity contribution in [1.29, 1.82) is 0 Å². The fraction of sp³-hybridized carbons (Fsp3) is 0.567. The molecule has 2 saturated heterocycles. The van der Waals surface area contributed by atoms with Gasteiger partial charge in [0.2, 0.25) is 5.95 Å². The number of nitrogens with one attached hydrogen (secondary N) is 2. The number of hydrogen-bond acceptors (Lipinski definition) is 8. The summed E-state index contributed by atoms with van der Waals surface area (Å²) in [7, 11) is -2.33. The number of rotatable bonds is 5. The third-order valence-corrected chi connectivity index (χ3v) is 8.97. The maximum atomic E-state index is 12.4. The zero-order valence-electron chi connectivity index (χ0n) is 25.0. The van der Waals surface area contributed by atoms with Gasteiger partial charge in [-0.25, -0.2) is 14.2 Å². The Morgan fingerprint density at radius 1 is 1.30 bits per heavy atom. The fourth-order valence-corrected chi connectivity index (χ4v) is 6.96. The van der Waals surface area contributed by atoms with Crippen LogP contribution in [0.3, 0.4) is 0 Å². The van der Waals surface area contributed by atoms with Gasteiger partial charge >= 0.3 is 0 Å². The Bertz CT molecular complexity index is 1480. The van der Waals surface area contributed by atoms with Crippen molar-refractivity contribution >= 4 is 33.0 Å². The minimum Gasteiger partial charge on any atom is -0.374 e. The van der Waals surface area contributed by atoms with Gasteiger partial charge in [0.05, 0.1) is 18.2 Å². The van der Waals surface area contributed by atoms with Crippen molar-refractivity contribution in [2.24, 2.45) is 9.36 Å². The molecule has 0 bridgehead atoms. The van der Waals surface area contributed by atoms with E-state index in [9.17, 15) is 4.21 Å². The van der Waals surface area contributed by atoms with Crippen molar-refractivity contribution < 1.29 is 8.95 Å². The maximum absolute atomic E-state index is 12.4. The second kappa shape index (κ2) is 10.5. The molecule has 2 fully saturated rings. The van der Waals surface area contributed by atoms with E-state index in [0.29, 0.717) is 24.3 Å². The summed E-state index contributed by atoms with van der Waals surface area (Å²) in [5.74, 6) is 3.12. The summed E-state index contributed by atoms with van der Waals surface area (Å²) in [5, 5.41) is 6.91. The number of benzene rings is 1. The number of allylic oxidation sites excluding steroid dienone is 1. The first kappa shape index (κ1) is 28.7. The highest BCUT2D eigenvalue weighted by Gasteiger charge is 2.55. The molecule has 0 saturated carbocycles. The molecule has 3 atom stereocenters. The maximum Gasteiger partial charge on any atom is 0.229 e.